The fourth-order valence-corrected chi connectivity index (χ4v) is 1.24. The van der Waals surface area contributed by atoms with E-state index in [1.165, 1.54) is 0 Å². The van der Waals surface area contributed by atoms with Gasteiger partial charge in [0.2, 0.25) is 0 Å². The van der Waals surface area contributed by atoms with Gasteiger partial charge >= 0.3 is 0 Å². The summed E-state index contributed by atoms with van der Waals surface area (Å²) >= 11 is 0. The monoisotopic (exact) mass is 174 g/mol. The summed E-state index contributed by atoms with van der Waals surface area (Å²) in [6.07, 6.45) is 0.875. The van der Waals surface area contributed by atoms with Gasteiger partial charge in [0.05, 0.1) is 5.60 Å². The second-order valence-corrected chi connectivity index (χ2v) is 2.93. The second-order valence-electron chi connectivity index (χ2n) is 2.93. The van der Waals surface area contributed by atoms with Crippen molar-refractivity contribution < 1.29 is 5.11 Å². The summed E-state index contributed by atoms with van der Waals surface area (Å²) in [6, 6.07) is 0. The van der Waals surface area contributed by atoms with Crippen LogP contribution in [0.5, 0.6) is 0 Å². The van der Waals surface area contributed by atoms with E-state index >= 15 is 0 Å². The molecule has 1 rings (SSSR count). The third-order valence-corrected chi connectivity index (χ3v) is 1.93. The molecule has 74 valence electrons. The molecule has 1 aliphatic rings. The van der Waals surface area contributed by atoms with E-state index < -0.39 is 5.60 Å². The van der Waals surface area contributed by atoms with E-state index in [4.69, 9.17) is 0 Å². The van der Waals surface area contributed by atoms with Gasteiger partial charge in [-0.2, -0.15) is 0 Å². The smallest absolute Gasteiger partial charge is 0.0907 e. The lowest BCUT2D eigenvalue weighted by atomic mass is 10.0. The summed E-state index contributed by atoms with van der Waals surface area (Å²) in [5, 5.41) is 16.0. The summed E-state index contributed by atoms with van der Waals surface area (Å²) in [6.45, 7) is 9.38. The number of hydrogen-bond acceptors (Lipinski definition) is 3. The Kier molecular flexibility index (Phi) is 6.34. The Morgan fingerprint density at radius 3 is 2.58 bits per heavy atom. The Bertz CT molecular complexity index is 101. The highest BCUT2D eigenvalue weighted by Gasteiger charge is 2.29. The summed E-state index contributed by atoms with van der Waals surface area (Å²) in [5.41, 5.74) is -0.476. The van der Waals surface area contributed by atoms with Crippen molar-refractivity contribution >= 4 is 0 Å². The maximum atomic E-state index is 9.70. The SMILES string of the molecule is CC.CCNCC1(O)CCNC1. The molecule has 3 heteroatoms. The third-order valence-electron chi connectivity index (χ3n) is 1.93. The Hall–Kier alpha value is -0.120. The highest BCUT2D eigenvalue weighted by Crippen LogP contribution is 2.11. The van der Waals surface area contributed by atoms with Gasteiger partial charge in [-0.3, -0.25) is 0 Å². The zero-order chi connectivity index (χ0) is 9.45. The predicted octanol–water partition coefficient (Wildman–Crippen LogP) is 0.346. The molecule has 0 aromatic heterocycles. The van der Waals surface area contributed by atoms with E-state index in [2.05, 4.69) is 10.6 Å². The van der Waals surface area contributed by atoms with E-state index in [1.54, 1.807) is 0 Å². The maximum Gasteiger partial charge on any atom is 0.0907 e. The fourth-order valence-electron chi connectivity index (χ4n) is 1.24. The minimum Gasteiger partial charge on any atom is -0.387 e. The summed E-state index contributed by atoms with van der Waals surface area (Å²) in [5.74, 6) is 0. The molecular formula is C9H22N2O. The van der Waals surface area contributed by atoms with Gasteiger partial charge in [-0.1, -0.05) is 20.8 Å². The first kappa shape index (κ1) is 11.9. The average Bonchev–Trinajstić information content (AvgIpc) is 2.53. The number of aliphatic hydroxyl groups is 1. The topological polar surface area (TPSA) is 44.3 Å². The van der Waals surface area contributed by atoms with Crippen LogP contribution in [-0.4, -0.2) is 36.9 Å². The molecule has 1 saturated heterocycles. The number of hydrogen-bond donors (Lipinski definition) is 3. The molecule has 0 saturated carbocycles. The van der Waals surface area contributed by atoms with Crippen molar-refractivity contribution in [3.63, 3.8) is 0 Å². The average molecular weight is 174 g/mol. The number of nitrogens with one attached hydrogen (secondary N) is 2. The first-order valence-electron chi connectivity index (χ1n) is 4.91. The summed E-state index contributed by atoms with van der Waals surface area (Å²) < 4.78 is 0. The molecule has 0 aromatic carbocycles. The van der Waals surface area contributed by atoms with Crippen LogP contribution in [0.2, 0.25) is 0 Å². The van der Waals surface area contributed by atoms with E-state index in [0.717, 1.165) is 32.6 Å². The van der Waals surface area contributed by atoms with Crippen LogP contribution in [-0.2, 0) is 0 Å². The van der Waals surface area contributed by atoms with Crippen LogP contribution >= 0.6 is 0 Å². The van der Waals surface area contributed by atoms with Crippen molar-refractivity contribution in [1.82, 2.24) is 10.6 Å². The van der Waals surface area contributed by atoms with E-state index in [1.807, 2.05) is 20.8 Å². The lowest BCUT2D eigenvalue weighted by Crippen LogP contribution is -2.42. The Morgan fingerprint density at radius 2 is 2.17 bits per heavy atom. The largest absolute Gasteiger partial charge is 0.387 e. The Balaban J connectivity index is 0.000000561. The van der Waals surface area contributed by atoms with Gasteiger partial charge in [0, 0.05) is 13.1 Å². The van der Waals surface area contributed by atoms with Crippen LogP contribution in [0.3, 0.4) is 0 Å². The van der Waals surface area contributed by atoms with E-state index in [-0.39, 0.29) is 0 Å². The fraction of sp³-hybridized carbons (Fsp3) is 1.00. The van der Waals surface area contributed by atoms with Crippen LogP contribution in [0.1, 0.15) is 27.2 Å². The van der Waals surface area contributed by atoms with Gasteiger partial charge < -0.3 is 15.7 Å². The van der Waals surface area contributed by atoms with Gasteiger partial charge in [-0.25, -0.2) is 0 Å². The van der Waals surface area contributed by atoms with Gasteiger partial charge in [0.1, 0.15) is 0 Å². The second kappa shape index (κ2) is 6.40. The minimum atomic E-state index is -0.476. The van der Waals surface area contributed by atoms with Crippen molar-refractivity contribution in [1.29, 1.82) is 0 Å². The maximum absolute atomic E-state index is 9.70. The molecule has 1 fully saturated rings. The first-order chi connectivity index (χ1) is 5.77. The number of likely N-dealkylation sites (N-methyl/N-ethyl adjacent to an activating group) is 1. The molecule has 1 unspecified atom stereocenters. The molecule has 0 amide bonds. The molecule has 1 heterocycles. The highest BCUT2D eigenvalue weighted by molar-refractivity contribution is 4.89. The van der Waals surface area contributed by atoms with Gasteiger partial charge in [-0.15, -0.1) is 0 Å². The lowest BCUT2D eigenvalue weighted by molar-refractivity contribution is 0.0618. The zero-order valence-corrected chi connectivity index (χ0v) is 8.48. The molecule has 0 radical (unpaired) electrons. The molecule has 3 N–H and O–H groups in total. The first-order valence-corrected chi connectivity index (χ1v) is 4.91. The van der Waals surface area contributed by atoms with Crippen LogP contribution in [0.4, 0.5) is 0 Å². The normalized spacial score (nSPS) is 28.0. The molecule has 3 nitrogen and oxygen atoms in total. The molecule has 0 spiro atoms. The standard InChI is InChI=1S/C7H16N2O.C2H6/c1-2-8-5-7(10)3-4-9-6-7;1-2/h8-10H,2-6H2,1H3;1-2H3. The predicted molar refractivity (Wildman–Crippen MR) is 52.3 cm³/mol. The summed E-state index contributed by atoms with van der Waals surface area (Å²) in [7, 11) is 0. The molecule has 0 bridgehead atoms. The van der Waals surface area contributed by atoms with Gasteiger partial charge in [-0.05, 0) is 19.5 Å². The number of β-amino-alcohol motifs (C(OH)–C–C–N with tert-alkyl or cyclic N) is 1. The molecule has 0 aliphatic carbocycles. The molecule has 12 heavy (non-hydrogen) atoms. The van der Waals surface area contributed by atoms with Crippen LogP contribution in [0.15, 0.2) is 0 Å². The Morgan fingerprint density at radius 1 is 1.50 bits per heavy atom. The Labute approximate surface area is 75.6 Å². The highest BCUT2D eigenvalue weighted by atomic mass is 16.3. The van der Waals surface area contributed by atoms with E-state index in [0.29, 0.717) is 0 Å². The molecule has 1 atom stereocenters. The van der Waals surface area contributed by atoms with Gasteiger partial charge in [0.25, 0.3) is 0 Å². The minimum absolute atomic E-state index is 0.476. The molecule has 0 aromatic rings. The van der Waals surface area contributed by atoms with Crippen LogP contribution < -0.4 is 10.6 Å². The van der Waals surface area contributed by atoms with Crippen LogP contribution in [0.25, 0.3) is 0 Å². The molecule has 1 aliphatic heterocycles. The zero-order valence-electron chi connectivity index (χ0n) is 8.48. The van der Waals surface area contributed by atoms with Crippen molar-refractivity contribution in [3.05, 3.63) is 0 Å². The quantitative estimate of drug-likeness (QED) is 0.578. The van der Waals surface area contributed by atoms with E-state index in [9.17, 15) is 5.11 Å². The van der Waals surface area contributed by atoms with Crippen LogP contribution in [0, 0.1) is 0 Å². The van der Waals surface area contributed by atoms with Crippen molar-refractivity contribution in [2.45, 2.75) is 32.8 Å². The molecular weight excluding hydrogens is 152 g/mol. The van der Waals surface area contributed by atoms with Crippen molar-refractivity contribution in [2.24, 2.45) is 0 Å². The lowest BCUT2D eigenvalue weighted by Gasteiger charge is -2.20. The summed E-state index contributed by atoms with van der Waals surface area (Å²) in [4.78, 5) is 0. The van der Waals surface area contributed by atoms with Crippen molar-refractivity contribution in [3.8, 4) is 0 Å². The van der Waals surface area contributed by atoms with Crippen molar-refractivity contribution in [2.75, 3.05) is 26.2 Å². The third kappa shape index (κ3) is 4.04. The number of rotatable bonds is 3. The van der Waals surface area contributed by atoms with Gasteiger partial charge in [0.15, 0.2) is 0 Å².